The van der Waals surface area contributed by atoms with Gasteiger partial charge in [-0.25, -0.2) is 14.9 Å². The lowest BCUT2D eigenvalue weighted by Crippen LogP contribution is -2.42. The summed E-state index contributed by atoms with van der Waals surface area (Å²) in [4.78, 5) is 17.5. The van der Waals surface area contributed by atoms with E-state index in [9.17, 15) is 14.4 Å². The average molecular weight is 411 g/mol. The van der Waals surface area contributed by atoms with Crippen molar-refractivity contribution < 1.29 is 14.4 Å². The van der Waals surface area contributed by atoms with E-state index in [0.717, 1.165) is 11.9 Å². The molecule has 0 radical (unpaired) electrons. The Morgan fingerprint density at radius 2 is 2.07 bits per heavy atom. The van der Waals surface area contributed by atoms with Gasteiger partial charge in [0.25, 0.3) is 5.91 Å². The zero-order valence-electron chi connectivity index (χ0n) is 16.2. The number of carbonyl (C=O) groups excluding carboxylic acids is 1. The lowest BCUT2D eigenvalue weighted by atomic mass is 9.75. The molecule has 2 saturated carbocycles. The molecule has 1 heterocycles. The van der Waals surface area contributed by atoms with Crippen LogP contribution in [-0.2, 0) is 10.2 Å². The number of nitrogens with one attached hydrogen (secondary N) is 1. The van der Waals surface area contributed by atoms with Gasteiger partial charge in [-0.05, 0) is 79.8 Å². The SMILES string of the molecule is Cc1c(F)cccc1C1(C(=O)NO)CCC(c2ccc3nc(C4CC4)sc3c2)C1. The first-order valence-electron chi connectivity index (χ1n) is 10.1. The van der Waals surface area contributed by atoms with Crippen LogP contribution in [0.1, 0.15) is 65.6 Å². The summed E-state index contributed by atoms with van der Waals surface area (Å²) in [5, 5.41) is 10.7. The lowest BCUT2D eigenvalue weighted by molar-refractivity contribution is -0.135. The number of rotatable bonds is 4. The molecule has 2 aliphatic carbocycles. The van der Waals surface area contributed by atoms with E-state index in [1.807, 2.05) is 11.5 Å². The summed E-state index contributed by atoms with van der Waals surface area (Å²) in [6, 6.07) is 11.2. The Morgan fingerprint density at radius 3 is 2.83 bits per heavy atom. The van der Waals surface area contributed by atoms with E-state index >= 15 is 0 Å². The van der Waals surface area contributed by atoms with Gasteiger partial charge in [-0.1, -0.05) is 18.2 Å². The summed E-state index contributed by atoms with van der Waals surface area (Å²) in [6.07, 6.45) is 4.40. The normalized spacial score (nSPS) is 24.2. The topological polar surface area (TPSA) is 62.2 Å². The molecule has 2 N–H and O–H groups in total. The second-order valence-corrected chi connectivity index (χ2v) is 9.49. The van der Waals surface area contributed by atoms with Crippen LogP contribution in [0.25, 0.3) is 10.2 Å². The molecule has 4 nitrogen and oxygen atoms in total. The van der Waals surface area contributed by atoms with Crippen LogP contribution < -0.4 is 5.48 Å². The second kappa shape index (κ2) is 6.89. The summed E-state index contributed by atoms with van der Waals surface area (Å²) in [5.74, 6) is 0.0309. The van der Waals surface area contributed by atoms with Gasteiger partial charge in [-0.2, -0.15) is 0 Å². The van der Waals surface area contributed by atoms with Crippen molar-refractivity contribution in [1.29, 1.82) is 0 Å². The van der Waals surface area contributed by atoms with Crippen molar-refractivity contribution in [3.63, 3.8) is 0 Å². The Labute approximate surface area is 172 Å². The number of benzene rings is 2. The number of hydrogen-bond acceptors (Lipinski definition) is 4. The zero-order valence-corrected chi connectivity index (χ0v) is 17.1. The van der Waals surface area contributed by atoms with Gasteiger partial charge in [0.15, 0.2) is 0 Å². The van der Waals surface area contributed by atoms with Crippen molar-refractivity contribution >= 4 is 27.5 Å². The minimum atomic E-state index is -0.923. The Morgan fingerprint density at radius 1 is 1.24 bits per heavy atom. The minimum absolute atomic E-state index is 0.172. The first-order chi connectivity index (χ1) is 14.0. The van der Waals surface area contributed by atoms with E-state index in [2.05, 4.69) is 18.2 Å². The van der Waals surface area contributed by atoms with Gasteiger partial charge in [-0.15, -0.1) is 11.3 Å². The van der Waals surface area contributed by atoms with Crippen LogP contribution in [0.2, 0.25) is 0 Å². The molecule has 0 saturated heterocycles. The second-order valence-electron chi connectivity index (χ2n) is 8.43. The summed E-state index contributed by atoms with van der Waals surface area (Å²) in [7, 11) is 0. The number of thiazole rings is 1. The van der Waals surface area contributed by atoms with E-state index in [1.54, 1.807) is 24.3 Å². The fourth-order valence-electron chi connectivity index (χ4n) is 4.85. The molecule has 2 aliphatic rings. The number of carbonyl (C=O) groups is 1. The molecule has 2 fully saturated rings. The number of hydroxylamine groups is 1. The van der Waals surface area contributed by atoms with Gasteiger partial charge in [0, 0.05) is 5.92 Å². The molecular formula is C23H23FN2O2S. The van der Waals surface area contributed by atoms with Crippen LogP contribution in [0.5, 0.6) is 0 Å². The van der Waals surface area contributed by atoms with Gasteiger partial charge in [-0.3, -0.25) is 10.0 Å². The maximum absolute atomic E-state index is 14.2. The third-order valence-corrected chi connectivity index (χ3v) is 7.84. The highest BCUT2D eigenvalue weighted by molar-refractivity contribution is 7.18. The summed E-state index contributed by atoms with van der Waals surface area (Å²) in [5.41, 5.74) is 4.29. The molecule has 2 atom stereocenters. The average Bonchev–Trinajstić information content (AvgIpc) is 3.34. The molecule has 0 spiro atoms. The van der Waals surface area contributed by atoms with Crippen molar-refractivity contribution in [1.82, 2.24) is 10.5 Å². The molecule has 0 aliphatic heterocycles. The predicted molar refractivity (Wildman–Crippen MR) is 111 cm³/mol. The molecule has 1 amide bonds. The molecular weight excluding hydrogens is 387 g/mol. The van der Waals surface area contributed by atoms with Gasteiger partial charge in [0.2, 0.25) is 0 Å². The Bertz CT molecular complexity index is 1110. The van der Waals surface area contributed by atoms with Crippen LogP contribution in [0, 0.1) is 12.7 Å². The summed E-state index contributed by atoms with van der Waals surface area (Å²) < 4.78 is 15.4. The fraction of sp³-hybridized carbons (Fsp3) is 0.391. The van der Waals surface area contributed by atoms with Crippen molar-refractivity contribution in [2.24, 2.45) is 0 Å². The Balaban J connectivity index is 1.51. The van der Waals surface area contributed by atoms with Crippen LogP contribution in [0.15, 0.2) is 36.4 Å². The van der Waals surface area contributed by atoms with E-state index in [1.165, 1.54) is 34.2 Å². The largest absolute Gasteiger partial charge is 0.289 e. The number of aromatic nitrogens is 1. The summed E-state index contributed by atoms with van der Waals surface area (Å²) in [6.45, 7) is 1.70. The molecule has 2 unspecified atom stereocenters. The van der Waals surface area contributed by atoms with Crippen LogP contribution >= 0.6 is 11.3 Å². The summed E-state index contributed by atoms with van der Waals surface area (Å²) >= 11 is 1.77. The number of amides is 1. The molecule has 1 aromatic heterocycles. The first kappa shape index (κ1) is 18.7. The van der Waals surface area contributed by atoms with Gasteiger partial charge in [0.1, 0.15) is 5.82 Å². The molecule has 2 aromatic carbocycles. The van der Waals surface area contributed by atoms with E-state index in [-0.39, 0.29) is 11.7 Å². The standard InChI is InChI=1S/C23H23FN2O2S/c1-13-17(3-2-4-18(13)24)23(22(27)26-28)10-9-16(12-23)15-7-8-19-20(11-15)29-21(25-19)14-5-6-14/h2-4,7-8,11,14,16,28H,5-6,9-10,12H2,1H3,(H,26,27). The van der Waals surface area contributed by atoms with Crippen molar-refractivity contribution in [3.05, 3.63) is 63.9 Å². The van der Waals surface area contributed by atoms with Crippen LogP contribution in [-0.4, -0.2) is 16.1 Å². The Hall–Kier alpha value is -2.31. The maximum atomic E-state index is 14.2. The van der Waals surface area contributed by atoms with Crippen molar-refractivity contribution in [2.75, 3.05) is 0 Å². The van der Waals surface area contributed by atoms with Gasteiger partial charge in [0.05, 0.1) is 20.6 Å². The van der Waals surface area contributed by atoms with Crippen molar-refractivity contribution in [2.45, 2.75) is 56.3 Å². The molecule has 150 valence electrons. The van der Waals surface area contributed by atoms with E-state index < -0.39 is 11.3 Å². The quantitative estimate of drug-likeness (QED) is 0.451. The molecule has 3 aromatic rings. The number of nitrogens with zero attached hydrogens (tertiary/aromatic N) is 1. The molecule has 6 heteroatoms. The molecule has 5 rings (SSSR count). The number of hydrogen-bond donors (Lipinski definition) is 2. The monoisotopic (exact) mass is 410 g/mol. The number of halogens is 1. The van der Waals surface area contributed by atoms with Crippen molar-refractivity contribution in [3.8, 4) is 0 Å². The highest BCUT2D eigenvalue weighted by Gasteiger charge is 2.48. The highest BCUT2D eigenvalue weighted by atomic mass is 32.1. The van der Waals surface area contributed by atoms with Gasteiger partial charge >= 0.3 is 0 Å². The highest BCUT2D eigenvalue weighted by Crippen LogP contribution is 2.50. The van der Waals surface area contributed by atoms with Crippen LogP contribution in [0.3, 0.4) is 0 Å². The minimum Gasteiger partial charge on any atom is -0.289 e. The molecule has 29 heavy (non-hydrogen) atoms. The van der Waals surface area contributed by atoms with E-state index in [0.29, 0.717) is 29.9 Å². The zero-order chi connectivity index (χ0) is 20.2. The third-order valence-electron chi connectivity index (χ3n) is 6.66. The van der Waals surface area contributed by atoms with Crippen LogP contribution in [0.4, 0.5) is 4.39 Å². The number of fused-ring (bicyclic) bond motifs is 1. The third kappa shape index (κ3) is 3.06. The Kier molecular flexibility index (Phi) is 4.44. The van der Waals surface area contributed by atoms with Gasteiger partial charge < -0.3 is 0 Å². The predicted octanol–water partition coefficient (Wildman–Crippen LogP) is 5.33. The lowest BCUT2D eigenvalue weighted by Gasteiger charge is -2.29. The smallest absolute Gasteiger partial charge is 0.254 e. The maximum Gasteiger partial charge on any atom is 0.254 e. The molecule has 0 bridgehead atoms. The first-order valence-corrected chi connectivity index (χ1v) is 10.9. The van der Waals surface area contributed by atoms with E-state index in [4.69, 9.17) is 4.98 Å². The fourth-order valence-corrected chi connectivity index (χ4v) is 6.04.